The van der Waals surface area contributed by atoms with Crippen LogP contribution in [-0.2, 0) is 18.4 Å². The van der Waals surface area contributed by atoms with Gasteiger partial charge in [-0.1, -0.05) is 0 Å². The number of methoxy groups -OCH3 is 1. The second kappa shape index (κ2) is 3.93. The number of hydrogen-bond donors (Lipinski definition) is 1. The van der Waals surface area contributed by atoms with Crippen molar-refractivity contribution in [2.24, 2.45) is 7.05 Å². The van der Waals surface area contributed by atoms with Crippen LogP contribution in [0.3, 0.4) is 0 Å². The fourth-order valence-electron chi connectivity index (χ4n) is 1.03. The topological polar surface area (TPSA) is 56.1 Å². The highest BCUT2D eigenvalue weighted by Crippen LogP contribution is 2.13. The summed E-state index contributed by atoms with van der Waals surface area (Å²) in [4.78, 5) is 10.6. The third-order valence-electron chi connectivity index (χ3n) is 1.59. The Morgan fingerprint density at radius 3 is 3.00 bits per heavy atom. The highest BCUT2D eigenvalue weighted by atomic mass is 16.5. The van der Waals surface area contributed by atoms with Crippen molar-refractivity contribution < 1.29 is 9.53 Å². The van der Waals surface area contributed by atoms with Gasteiger partial charge >= 0.3 is 0 Å². The first-order valence-corrected chi connectivity index (χ1v) is 3.94. The number of carbonyl (C=O) groups is 1. The molecule has 0 unspecified atom stereocenters. The van der Waals surface area contributed by atoms with Gasteiger partial charge in [-0.3, -0.25) is 9.48 Å². The summed E-state index contributed by atoms with van der Waals surface area (Å²) in [6.07, 6.45) is 1.81. The zero-order chi connectivity index (χ0) is 9.84. The summed E-state index contributed by atoms with van der Waals surface area (Å²) >= 11 is 0. The highest BCUT2D eigenvalue weighted by Gasteiger charge is 2.07. The summed E-state index contributed by atoms with van der Waals surface area (Å²) in [7, 11) is 3.36. The van der Waals surface area contributed by atoms with Crippen molar-refractivity contribution in [2.45, 2.75) is 13.5 Å². The number of carbonyl (C=O) groups excluding carboxylic acids is 1. The van der Waals surface area contributed by atoms with Gasteiger partial charge in [-0.05, 0) is 0 Å². The SMILES string of the molecule is COc1nn(C)cc1CNC(C)=O. The van der Waals surface area contributed by atoms with Gasteiger partial charge in [-0.15, -0.1) is 5.10 Å². The molecular formula is C8H13N3O2. The molecule has 0 aliphatic carbocycles. The van der Waals surface area contributed by atoms with Crippen molar-refractivity contribution in [3.63, 3.8) is 0 Å². The van der Waals surface area contributed by atoms with Gasteiger partial charge in [-0.2, -0.15) is 0 Å². The van der Waals surface area contributed by atoms with Gasteiger partial charge in [0.15, 0.2) is 0 Å². The molecule has 0 fully saturated rings. The first-order valence-electron chi connectivity index (χ1n) is 3.94. The van der Waals surface area contributed by atoms with E-state index in [0.717, 1.165) is 5.56 Å². The van der Waals surface area contributed by atoms with E-state index in [1.807, 2.05) is 6.20 Å². The van der Waals surface area contributed by atoms with E-state index in [1.165, 1.54) is 6.92 Å². The molecule has 0 aliphatic rings. The fourth-order valence-corrected chi connectivity index (χ4v) is 1.03. The van der Waals surface area contributed by atoms with E-state index in [4.69, 9.17) is 4.74 Å². The van der Waals surface area contributed by atoms with Crippen molar-refractivity contribution in [3.8, 4) is 5.88 Å². The van der Waals surface area contributed by atoms with Crippen LogP contribution in [0.4, 0.5) is 0 Å². The molecule has 5 heteroatoms. The molecule has 5 nitrogen and oxygen atoms in total. The summed E-state index contributed by atoms with van der Waals surface area (Å²) in [6, 6.07) is 0. The number of aromatic nitrogens is 2. The van der Waals surface area contributed by atoms with Gasteiger partial charge in [0.2, 0.25) is 11.8 Å². The van der Waals surface area contributed by atoms with Gasteiger partial charge in [-0.25, -0.2) is 0 Å². The van der Waals surface area contributed by atoms with Crippen molar-refractivity contribution in [1.29, 1.82) is 0 Å². The average Bonchev–Trinajstić information content (AvgIpc) is 2.42. The molecule has 0 aliphatic heterocycles. The van der Waals surface area contributed by atoms with Crippen LogP contribution in [0.25, 0.3) is 0 Å². The Labute approximate surface area is 76.7 Å². The molecule has 0 bridgehead atoms. The Morgan fingerprint density at radius 2 is 2.46 bits per heavy atom. The number of nitrogens with one attached hydrogen (secondary N) is 1. The molecule has 0 radical (unpaired) electrons. The van der Waals surface area contributed by atoms with Gasteiger partial charge in [0.1, 0.15) is 0 Å². The zero-order valence-corrected chi connectivity index (χ0v) is 8.00. The minimum Gasteiger partial charge on any atom is -0.480 e. The Balaban J connectivity index is 2.69. The smallest absolute Gasteiger partial charge is 0.237 e. The molecule has 13 heavy (non-hydrogen) atoms. The van der Waals surface area contributed by atoms with Crippen LogP contribution in [-0.4, -0.2) is 22.8 Å². The summed E-state index contributed by atoms with van der Waals surface area (Å²) in [5.41, 5.74) is 0.875. The maximum atomic E-state index is 10.6. The molecule has 1 N–H and O–H groups in total. The maximum Gasteiger partial charge on any atom is 0.237 e. The second-order valence-corrected chi connectivity index (χ2v) is 2.75. The molecular weight excluding hydrogens is 170 g/mol. The predicted octanol–water partition coefficient (Wildman–Crippen LogP) is 0.0648. The molecule has 0 atom stereocenters. The maximum absolute atomic E-state index is 10.6. The first kappa shape index (κ1) is 9.57. The molecule has 0 spiro atoms. The Hall–Kier alpha value is -1.52. The van der Waals surface area contributed by atoms with Crippen LogP contribution in [0.2, 0.25) is 0 Å². The molecule has 0 saturated heterocycles. The molecule has 1 aromatic rings. The summed E-state index contributed by atoms with van der Waals surface area (Å²) < 4.78 is 6.66. The fraction of sp³-hybridized carbons (Fsp3) is 0.500. The minimum atomic E-state index is -0.0640. The lowest BCUT2D eigenvalue weighted by molar-refractivity contribution is -0.119. The Bertz CT molecular complexity index is 306. The van der Waals surface area contributed by atoms with Gasteiger partial charge in [0, 0.05) is 26.7 Å². The number of rotatable bonds is 3. The minimum absolute atomic E-state index is 0.0640. The number of ether oxygens (including phenoxy) is 1. The number of hydrogen-bond acceptors (Lipinski definition) is 3. The third kappa shape index (κ3) is 2.47. The Kier molecular flexibility index (Phi) is 2.89. The lowest BCUT2D eigenvalue weighted by Gasteiger charge is -2.00. The van der Waals surface area contributed by atoms with Crippen LogP contribution >= 0.6 is 0 Å². The van der Waals surface area contributed by atoms with E-state index in [1.54, 1.807) is 18.8 Å². The van der Waals surface area contributed by atoms with Crippen molar-refractivity contribution >= 4 is 5.91 Å². The quantitative estimate of drug-likeness (QED) is 0.721. The van der Waals surface area contributed by atoms with Crippen molar-refractivity contribution in [1.82, 2.24) is 15.1 Å². The van der Waals surface area contributed by atoms with Crippen molar-refractivity contribution in [2.75, 3.05) is 7.11 Å². The summed E-state index contributed by atoms with van der Waals surface area (Å²) in [6.45, 7) is 1.93. The van der Waals surface area contributed by atoms with Crippen LogP contribution in [0, 0.1) is 0 Å². The van der Waals surface area contributed by atoms with Crippen LogP contribution in [0.5, 0.6) is 5.88 Å². The summed E-state index contributed by atoms with van der Waals surface area (Å²) in [5, 5.41) is 6.73. The van der Waals surface area contributed by atoms with Gasteiger partial charge in [0.25, 0.3) is 0 Å². The lowest BCUT2D eigenvalue weighted by atomic mass is 10.3. The normalized spacial score (nSPS) is 9.77. The van der Waals surface area contributed by atoms with Crippen LogP contribution in [0.1, 0.15) is 12.5 Å². The first-order chi connectivity index (χ1) is 6.13. The van der Waals surface area contributed by atoms with E-state index < -0.39 is 0 Å². The molecule has 1 aromatic heterocycles. The average molecular weight is 183 g/mol. The molecule has 1 heterocycles. The van der Waals surface area contributed by atoms with E-state index in [9.17, 15) is 4.79 Å². The number of aryl methyl sites for hydroxylation is 1. The molecule has 1 amide bonds. The van der Waals surface area contributed by atoms with Gasteiger partial charge < -0.3 is 10.1 Å². The highest BCUT2D eigenvalue weighted by molar-refractivity contribution is 5.72. The van der Waals surface area contributed by atoms with Crippen LogP contribution < -0.4 is 10.1 Å². The summed E-state index contributed by atoms with van der Waals surface area (Å²) in [5.74, 6) is 0.488. The van der Waals surface area contributed by atoms with E-state index >= 15 is 0 Å². The van der Waals surface area contributed by atoms with Crippen LogP contribution in [0.15, 0.2) is 6.20 Å². The monoisotopic (exact) mass is 183 g/mol. The van der Waals surface area contributed by atoms with E-state index in [0.29, 0.717) is 12.4 Å². The molecule has 0 aromatic carbocycles. The van der Waals surface area contributed by atoms with E-state index in [-0.39, 0.29) is 5.91 Å². The number of nitrogens with zero attached hydrogens (tertiary/aromatic N) is 2. The third-order valence-corrected chi connectivity index (χ3v) is 1.59. The van der Waals surface area contributed by atoms with Crippen molar-refractivity contribution in [3.05, 3.63) is 11.8 Å². The lowest BCUT2D eigenvalue weighted by Crippen LogP contribution is -2.18. The Morgan fingerprint density at radius 1 is 1.77 bits per heavy atom. The van der Waals surface area contributed by atoms with Gasteiger partial charge in [0.05, 0.1) is 12.7 Å². The van der Waals surface area contributed by atoms with E-state index in [2.05, 4.69) is 10.4 Å². The molecule has 1 rings (SSSR count). The standard InChI is InChI=1S/C8H13N3O2/c1-6(12)9-4-7-5-11(2)10-8(7)13-3/h5H,4H2,1-3H3,(H,9,12). The predicted molar refractivity (Wildman–Crippen MR) is 47.3 cm³/mol. The largest absolute Gasteiger partial charge is 0.480 e. The zero-order valence-electron chi connectivity index (χ0n) is 8.00. The molecule has 0 saturated carbocycles. The second-order valence-electron chi connectivity index (χ2n) is 2.75. The number of amides is 1. The molecule has 72 valence electrons.